The Kier molecular flexibility index (Phi) is 3.44. The Balaban J connectivity index is 1.97. The number of rotatable bonds is 3. The molecule has 3 rings (SSSR count). The van der Waals surface area contributed by atoms with Crippen LogP contribution < -0.4 is 4.74 Å². The molecule has 0 aromatic heterocycles. The van der Waals surface area contributed by atoms with Gasteiger partial charge in [-0.25, -0.2) is 0 Å². The predicted octanol–water partition coefficient (Wildman–Crippen LogP) is 3.02. The summed E-state index contributed by atoms with van der Waals surface area (Å²) >= 11 is 0. The van der Waals surface area contributed by atoms with Crippen LogP contribution in [0.5, 0.6) is 5.75 Å². The highest BCUT2D eigenvalue weighted by Gasteiger charge is 2.29. The van der Waals surface area contributed by atoms with Crippen LogP contribution in [0.2, 0.25) is 0 Å². The minimum Gasteiger partial charge on any atom is -0.484 e. The van der Waals surface area contributed by atoms with Gasteiger partial charge in [-0.15, -0.1) is 0 Å². The maximum Gasteiger partial charge on any atom is 0.307 e. The number of benzene rings is 2. The lowest BCUT2D eigenvalue weighted by molar-refractivity contribution is -0.136. The summed E-state index contributed by atoms with van der Waals surface area (Å²) in [5.74, 6) is -0.554. The molecule has 1 aliphatic heterocycles. The third kappa shape index (κ3) is 2.65. The first-order valence-electron chi connectivity index (χ1n) is 6.73. The summed E-state index contributed by atoms with van der Waals surface area (Å²) < 4.78 is 5.90. The predicted molar refractivity (Wildman–Crippen MR) is 76.5 cm³/mol. The van der Waals surface area contributed by atoms with Crippen LogP contribution in [0.25, 0.3) is 0 Å². The quantitative estimate of drug-likeness (QED) is 0.939. The van der Waals surface area contributed by atoms with Crippen LogP contribution in [0.3, 0.4) is 0 Å². The van der Waals surface area contributed by atoms with Gasteiger partial charge in [0.2, 0.25) is 0 Å². The van der Waals surface area contributed by atoms with Gasteiger partial charge < -0.3 is 9.84 Å². The number of hydrogen-bond acceptors (Lipinski definition) is 3. The van der Waals surface area contributed by atoms with Gasteiger partial charge >= 0.3 is 5.97 Å². The summed E-state index contributed by atoms with van der Waals surface area (Å²) in [5.41, 5.74) is 1.86. The number of carbonyl (C=O) groups is 2. The molecule has 2 aromatic carbocycles. The molecule has 0 saturated carbocycles. The van der Waals surface area contributed by atoms with E-state index in [1.54, 1.807) is 18.2 Å². The monoisotopic (exact) mass is 282 g/mol. The maximum atomic E-state index is 12.4. The van der Waals surface area contributed by atoms with Gasteiger partial charge in [0.05, 0.1) is 18.4 Å². The van der Waals surface area contributed by atoms with E-state index >= 15 is 0 Å². The summed E-state index contributed by atoms with van der Waals surface area (Å²) in [7, 11) is 0. The molecule has 4 nitrogen and oxygen atoms in total. The second-order valence-electron chi connectivity index (χ2n) is 5.01. The molecule has 0 spiro atoms. The smallest absolute Gasteiger partial charge is 0.307 e. The first-order chi connectivity index (χ1) is 10.1. The molecule has 0 radical (unpaired) electrons. The first-order valence-corrected chi connectivity index (χ1v) is 6.73. The number of fused-ring (bicyclic) bond motifs is 1. The Hall–Kier alpha value is -2.62. The zero-order valence-corrected chi connectivity index (χ0v) is 11.3. The number of hydrogen-bond donors (Lipinski definition) is 1. The van der Waals surface area contributed by atoms with Crippen LogP contribution in [0.15, 0.2) is 48.5 Å². The molecule has 1 heterocycles. The first kappa shape index (κ1) is 13.4. The van der Waals surface area contributed by atoms with Crippen molar-refractivity contribution in [3.8, 4) is 5.75 Å². The Bertz CT molecular complexity index is 691. The van der Waals surface area contributed by atoms with Crippen LogP contribution in [0.1, 0.15) is 34.0 Å². The summed E-state index contributed by atoms with van der Waals surface area (Å²) in [4.78, 5) is 23.3. The van der Waals surface area contributed by atoms with E-state index in [9.17, 15) is 9.59 Å². The van der Waals surface area contributed by atoms with Crippen molar-refractivity contribution in [3.63, 3.8) is 0 Å². The van der Waals surface area contributed by atoms with Gasteiger partial charge in [-0.05, 0) is 17.2 Å². The number of Topliss-reactive ketones (excluding diaryl/α,β-unsaturated/α-hetero) is 1. The Morgan fingerprint density at radius 2 is 1.90 bits per heavy atom. The van der Waals surface area contributed by atoms with Gasteiger partial charge in [0.15, 0.2) is 5.78 Å². The zero-order valence-electron chi connectivity index (χ0n) is 11.3. The number of ether oxygens (including phenoxy) is 1. The van der Waals surface area contributed by atoms with E-state index in [0.717, 1.165) is 5.56 Å². The molecule has 0 amide bonds. The fourth-order valence-electron chi connectivity index (χ4n) is 2.62. The Morgan fingerprint density at radius 1 is 1.14 bits per heavy atom. The van der Waals surface area contributed by atoms with Crippen LogP contribution in [0, 0.1) is 0 Å². The van der Waals surface area contributed by atoms with Gasteiger partial charge in [0.1, 0.15) is 11.9 Å². The highest BCUT2D eigenvalue weighted by molar-refractivity contribution is 6.02. The van der Waals surface area contributed by atoms with E-state index in [4.69, 9.17) is 9.84 Å². The van der Waals surface area contributed by atoms with E-state index in [1.165, 1.54) is 0 Å². The molecule has 1 aliphatic rings. The lowest BCUT2D eigenvalue weighted by Crippen LogP contribution is -2.22. The van der Waals surface area contributed by atoms with Crippen LogP contribution in [0.4, 0.5) is 0 Å². The standard InChI is InChI=1S/C17H14O4/c18-13-10-15(11-5-2-1-3-6-11)21-14-8-4-7-12(17(13)14)9-16(19)20/h1-8,15H,9-10H2,(H,19,20)/t15-/m0/s1. The minimum absolute atomic E-state index is 0.0676. The van der Waals surface area contributed by atoms with Crippen molar-refractivity contribution >= 4 is 11.8 Å². The molecule has 0 fully saturated rings. The molecule has 0 saturated heterocycles. The molecule has 1 N–H and O–H groups in total. The SMILES string of the molecule is O=C(O)Cc1cccc2c1C(=O)C[C@@H](c1ccccc1)O2. The van der Waals surface area contributed by atoms with E-state index in [0.29, 0.717) is 16.9 Å². The normalized spacial score (nSPS) is 17.0. The molecule has 0 bridgehead atoms. The number of carboxylic acids is 1. The van der Waals surface area contributed by atoms with Crippen molar-refractivity contribution in [2.45, 2.75) is 18.9 Å². The number of carboxylic acid groups (broad SMARTS) is 1. The lowest BCUT2D eigenvalue weighted by Gasteiger charge is -2.26. The third-order valence-electron chi connectivity index (χ3n) is 3.54. The molecular weight excluding hydrogens is 268 g/mol. The second-order valence-corrected chi connectivity index (χ2v) is 5.01. The van der Waals surface area contributed by atoms with Crippen LogP contribution in [-0.4, -0.2) is 16.9 Å². The van der Waals surface area contributed by atoms with E-state index in [2.05, 4.69) is 0 Å². The fourth-order valence-corrected chi connectivity index (χ4v) is 2.62. The summed E-state index contributed by atoms with van der Waals surface area (Å²) in [6, 6.07) is 14.7. The average molecular weight is 282 g/mol. The molecule has 2 aromatic rings. The lowest BCUT2D eigenvalue weighted by atomic mass is 9.92. The fraction of sp³-hybridized carbons (Fsp3) is 0.176. The van der Waals surface area contributed by atoms with E-state index < -0.39 is 5.97 Å². The van der Waals surface area contributed by atoms with Crippen LogP contribution >= 0.6 is 0 Å². The number of carbonyl (C=O) groups excluding carboxylic acids is 1. The third-order valence-corrected chi connectivity index (χ3v) is 3.54. The molecule has 106 valence electrons. The molecule has 1 atom stereocenters. The molecule has 0 unspecified atom stereocenters. The zero-order chi connectivity index (χ0) is 14.8. The minimum atomic E-state index is -0.957. The molecule has 4 heteroatoms. The molecule has 0 aliphatic carbocycles. The Morgan fingerprint density at radius 3 is 2.62 bits per heavy atom. The molecular formula is C17H14O4. The average Bonchev–Trinajstić information content (AvgIpc) is 2.47. The van der Waals surface area contributed by atoms with E-state index in [1.807, 2.05) is 30.3 Å². The van der Waals surface area contributed by atoms with Crippen LogP contribution in [-0.2, 0) is 11.2 Å². The van der Waals surface area contributed by atoms with Crippen molar-refractivity contribution < 1.29 is 19.4 Å². The maximum absolute atomic E-state index is 12.4. The highest BCUT2D eigenvalue weighted by atomic mass is 16.5. The topological polar surface area (TPSA) is 63.6 Å². The van der Waals surface area contributed by atoms with Gasteiger partial charge in [-0.2, -0.15) is 0 Å². The van der Waals surface area contributed by atoms with Crippen molar-refractivity contribution in [3.05, 3.63) is 65.2 Å². The van der Waals surface area contributed by atoms with Gasteiger partial charge in [-0.3, -0.25) is 9.59 Å². The van der Waals surface area contributed by atoms with Crippen molar-refractivity contribution in [1.29, 1.82) is 0 Å². The Labute approximate surface area is 122 Å². The van der Waals surface area contributed by atoms with E-state index in [-0.39, 0.29) is 24.7 Å². The van der Waals surface area contributed by atoms with Crippen molar-refractivity contribution in [1.82, 2.24) is 0 Å². The summed E-state index contributed by atoms with van der Waals surface area (Å²) in [5, 5.41) is 8.93. The second kappa shape index (κ2) is 5.40. The summed E-state index contributed by atoms with van der Waals surface area (Å²) in [6.07, 6.45) is -0.256. The largest absolute Gasteiger partial charge is 0.484 e. The van der Waals surface area contributed by atoms with Crippen molar-refractivity contribution in [2.24, 2.45) is 0 Å². The van der Waals surface area contributed by atoms with Crippen molar-refractivity contribution in [2.75, 3.05) is 0 Å². The summed E-state index contributed by atoms with van der Waals surface area (Å²) in [6.45, 7) is 0. The number of ketones is 1. The van der Waals surface area contributed by atoms with Gasteiger partial charge in [0.25, 0.3) is 0 Å². The number of aliphatic carboxylic acids is 1. The molecule has 21 heavy (non-hydrogen) atoms. The highest BCUT2D eigenvalue weighted by Crippen LogP contribution is 2.36. The van der Waals surface area contributed by atoms with Gasteiger partial charge in [-0.1, -0.05) is 42.5 Å². The van der Waals surface area contributed by atoms with Gasteiger partial charge in [0, 0.05) is 0 Å².